The van der Waals surface area contributed by atoms with Crippen LogP contribution in [-0.2, 0) is 11.3 Å². The third-order valence-corrected chi connectivity index (χ3v) is 5.51. The van der Waals surface area contributed by atoms with Crippen LogP contribution in [-0.4, -0.2) is 34.0 Å². The first kappa shape index (κ1) is 19.6. The lowest BCUT2D eigenvalue weighted by molar-refractivity contribution is -0.121. The maximum Gasteiger partial charge on any atom is 0.241 e. The number of aromatic nitrogens is 2. The van der Waals surface area contributed by atoms with Crippen molar-refractivity contribution in [3.8, 4) is 11.4 Å². The molecule has 0 unspecified atom stereocenters. The van der Waals surface area contributed by atoms with E-state index in [1.54, 1.807) is 0 Å². The first-order chi connectivity index (χ1) is 14.1. The summed E-state index contributed by atoms with van der Waals surface area (Å²) in [5.74, 6) is 1.23. The highest BCUT2D eigenvalue weighted by atomic mass is 35.5. The fourth-order valence-corrected chi connectivity index (χ4v) is 3.75. The minimum absolute atomic E-state index is 0.0237. The van der Waals surface area contributed by atoms with Crippen molar-refractivity contribution in [3.05, 3.63) is 65.0 Å². The SMILES string of the molecule is Cc1ccccc1NC(=O)C1CCN(Cc2nc(-c3cccc(Cl)c3)no2)CC1. The zero-order chi connectivity index (χ0) is 20.2. The van der Waals surface area contributed by atoms with Gasteiger partial charge in [-0.25, -0.2) is 0 Å². The van der Waals surface area contributed by atoms with Gasteiger partial charge < -0.3 is 9.84 Å². The van der Waals surface area contributed by atoms with Crippen molar-refractivity contribution < 1.29 is 9.32 Å². The molecule has 29 heavy (non-hydrogen) atoms. The average Bonchev–Trinajstić information content (AvgIpc) is 3.19. The van der Waals surface area contributed by atoms with Gasteiger partial charge in [0.1, 0.15) is 0 Å². The molecule has 0 radical (unpaired) electrons. The van der Waals surface area contributed by atoms with Gasteiger partial charge >= 0.3 is 0 Å². The Bertz CT molecular complexity index is 996. The van der Waals surface area contributed by atoms with E-state index in [4.69, 9.17) is 16.1 Å². The molecule has 0 aliphatic carbocycles. The highest BCUT2D eigenvalue weighted by Gasteiger charge is 2.26. The first-order valence-electron chi connectivity index (χ1n) is 9.76. The first-order valence-corrected chi connectivity index (χ1v) is 10.1. The van der Waals surface area contributed by atoms with E-state index in [-0.39, 0.29) is 11.8 Å². The van der Waals surface area contributed by atoms with E-state index >= 15 is 0 Å². The number of rotatable bonds is 5. The standard InChI is InChI=1S/C22H23ClN4O2/c1-15-5-2-3-8-19(15)24-22(28)16-9-11-27(12-10-16)14-20-25-21(26-29-20)17-6-4-7-18(23)13-17/h2-8,13,16H,9-12,14H2,1H3,(H,24,28). The number of carbonyl (C=O) groups is 1. The minimum atomic E-state index is 0.0237. The van der Waals surface area contributed by atoms with Crippen LogP contribution >= 0.6 is 11.6 Å². The Morgan fingerprint density at radius 1 is 1.21 bits per heavy atom. The molecule has 2 aromatic carbocycles. The molecule has 2 heterocycles. The molecule has 1 amide bonds. The number of piperidine rings is 1. The molecule has 0 saturated carbocycles. The van der Waals surface area contributed by atoms with Crippen LogP contribution in [0.3, 0.4) is 0 Å². The second-order valence-corrected chi connectivity index (χ2v) is 7.81. The van der Waals surface area contributed by atoms with Crippen LogP contribution in [0.15, 0.2) is 53.1 Å². The number of para-hydroxylation sites is 1. The Labute approximate surface area is 174 Å². The predicted octanol–water partition coefficient (Wildman–Crippen LogP) is 4.55. The summed E-state index contributed by atoms with van der Waals surface area (Å²) in [6, 6.07) is 15.2. The summed E-state index contributed by atoms with van der Waals surface area (Å²) >= 11 is 6.03. The monoisotopic (exact) mass is 410 g/mol. The van der Waals surface area contributed by atoms with Crippen molar-refractivity contribution in [2.45, 2.75) is 26.3 Å². The Balaban J connectivity index is 1.30. The third kappa shape index (κ3) is 4.83. The molecule has 150 valence electrons. The van der Waals surface area contributed by atoms with Crippen LogP contribution in [0, 0.1) is 12.8 Å². The van der Waals surface area contributed by atoms with Crippen molar-refractivity contribution in [3.63, 3.8) is 0 Å². The van der Waals surface area contributed by atoms with E-state index in [1.165, 1.54) is 0 Å². The topological polar surface area (TPSA) is 71.3 Å². The number of hydrogen-bond acceptors (Lipinski definition) is 5. The number of benzene rings is 2. The second kappa shape index (κ2) is 8.76. The Morgan fingerprint density at radius 2 is 2.00 bits per heavy atom. The molecule has 4 rings (SSSR count). The molecule has 7 heteroatoms. The molecule has 1 N–H and O–H groups in total. The van der Waals surface area contributed by atoms with Crippen LogP contribution in [0.2, 0.25) is 5.02 Å². The Kier molecular flexibility index (Phi) is 5.92. The van der Waals surface area contributed by atoms with Gasteiger partial charge in [-0.3, -0.25) is 9.69 Å². The molecule has 1 fully saturated rings. The van der Waals surface area contributed by atoms with E-state index in [9.17, 15) is 4.79 Å². The Hall–Kier alpha value is -2.70. The maximum absolute atomic E-state index is 12.6. The van der Waals surface area contributed by atoms with Crippen molar-refractivity contribution >= 4 is 23.2 Å². The fraction of sp³-hybridized carbons (Fsp3) is 0.318. The predicted molar refractivity (Wildman–Crippen MR) is 113 cm³/mol. The zero-order valence-electron chi connectivity index (χ0n) is 16.3. The molecule has 0 bridgehead atoms. The minimum Gasteiger partial charge on any atom is -0.338 e. The second-order valence-electron chi connectivity index (χ2n) is 7.38. The van der Waals surface area contributed by atoms with Crippen LogP contribution in [0.1, 0.15) is 24.3 Å². The van der Waals surface area contributed by atoms with E-state index < -0.39 is 0 Å². The van der Waals surface area contributed by atoms with Gasteiger partial charge in [-0.1, -0.05) is 47.1 Å². The smallest absolute Gasteiger partial charge is 0.241 e. The average molecular weight is 411 g/mol. The van der Waals surface area contributed by atoms with Gasteiger partial charge in [0.05, 0.1) is 6.54 Å². The quantitative estimate of drug-likeness (QED) is 0.668. The number of carbonyl (C=O) groups excluding carboxylic acids is 1. The number of anilines is 1. The molecular weight excluding hydrogens is 388 g/mol. The van der Waals surface area contributed by atoms with Crippen molar-refractivity contribution in [1.82, 2.24) is 15.0 Å². The van der Waals surface area contributed by atoms with Gasteiger partial charge in [-0.2, -0.15) is 4.98 Å². The number of nitrogens with one attached hydrogen (secondary N) is 1. The van der Waals surface area contributed by atoms with E-state index in [0.717, 1.165) is 42.7 Å². The molecule has 1 aliphatic rings. The molecule has 1 aromatic heterocycles. The van der Waals surface area contributed by atoms with Crippen LogP contribution in [0.5, 0.6) is 0 Å². The fourth-order valence-electron chi connectivity index (χ4n) is 3.56. The molecule has 1 aliphatic heterocycles. The number of likely N-dealkylation sites (tertiary alicyclic amines) is 1. The molecule has 0 spiro atoms. The van der Waals surface area contributed by atoms with Crippen LogP contribution in [0.4, 0.5) is 5.69 Å². The van der Waals surface area contributed by atoms with E-state index in [0.29, 0.717) is 23.3 Å². The van der Waals surface area contributed by atoms with E-state index in [1.807, 2.05) is 55.5 Å². The summed E-state index contributed by atoms with van der Waals surface area (Å²) in [4.78, 5) is 19.3. The van der Waals surface area contributed by atoms with Crippen LogP contribution in [0.25, 0.3) is 11.4 Å². The number of amides is 1. The van der Waals surface area contributed by atoms with Crippen molar-refractivity contribution in [2.24, 2.45) is 5.92 Å². The highest BCUT2D eigenvalue weighted by molar-refractivity contribution is 6.30. The number of halogens is 1. The zero-order valence-corrected chi connectivity index (χ0v) is 17.0. The van der Waals surface area contributed by atoms with Crippen molar-refractivity contribution in [1.29, 1.82) is 0 Å². The van der Waals surface area contributed by atoms with Gasteiger partial charge in [0.15, 0.2) is 0 Å². The lowest BCUT2D eigenvalue weighted by Gasteiger charge is -2.30. The van der Waals surface area contributed by atoms with Gasteiger partial charge in [-0.15, -0.1) is 0 Å². The number of aryl methyl sites for hydroxylation is 1. The summed E-state index contributed by atoms with van der Waals surface area (Å²) in [7, 11) is 0. The molecule has 6 nitrogen and oxygen atoms in total. The van der Waals surface area contributed by atoms with E-state index in [2.05, 4.69) is 20.4 Å². The van der Waals surface area contributed by atoms with Gasteiger partial charge in [-0.05, 0) is 56.6 Å². The molecular formula is C22H23ClN4O2. The summed E-state index contributed by atoms with van der Waals surface area (Å²) in [5.41, 5.74) is 2.80. The summed E-state index contributed by atoms with van der Waals surface area (Å²) < 4.78 is 5.40. The molecule has 3 aromatic rings. The van der Waals surface area contributed by atoms with Gasteiger partial charge in [0.25, 0.3) is 0 Å². The highest BCUT2D eigenvalue weighted by Crippen LogP contribution is 2.23. The summed E-state index contributed by atoms with van der Waals surface area (Å²) in [6.45, 7) is 4.22. The molecule has 0 atom stereocenters. The third-order valence-electron chi connectivity index (χ3n) is 5.27. The lowest BCUT2D eigenvalue weighted by Crippen LogP contribution is -2.37. The summed E-state index contributed by atoms with van der Waals surface area (Å²) in [5, 5.41) is 7.76. The lowest BCUT2D eigenvalue weighted by atomic mass is 9.95. The maximum atomic E-state index is 12.6. The largest absolute Gasteiger partial charge is 0.338 e. The van der Waals surface area contributed by atoms with Crippen LogP contribution < -0.4 is 5.32 Å². The summed E-state index contributed by atoms with van der Waals surface area (Å²) in [6.07, 6.45) is 1.63. The van der Waals surface area contributed by atoms with Gasteiger partial charge in [0.2, 0.25) is 17.6 Å². The normalized spacial score (nSPS) is 15.4. The van der Waals surface area contributed by atoms with Gasteiger partial charge in [0, 0.05) is 22.2 Å². The number of nitrogens with zero attached hydrogens (tertiary/aromatic N) is 3. The molecule has 1 saturated heterocycles. The Morgan fingerprint density at radius 3 is 2.76 bits per heavy atom. The van der Waals surface area contributed by atoms with Crippen molar-refractivity contribution in [2.75, 3.05) is 18.4 Å². The number of hydrogen-bond donors (Lipinski definition) is 1.